The van der Waals surface area contributed by atoms with Crippen LogP contribution in [0, 0.1) is 12.7 Å². The summed E-state index contributed by atoms with van der Waals surface area (Å²) in [6, 6.07) is 5.79. The first-order valence-electron chi connectivity index (χ1n) is 5.49. The van der Waals surface area contributed by atoms with Crippen molar-refractivity contribution in [1.29, 1.82) is 0 Å². The third kappa shape index (κ3) is 2.88. The standard InChI is InChI=1S/C13H9BrFNO3S/c1-6-5-8(13(18)19)12(20-6)16-11(17)7-3-2-4-9(14)10(7)15/h2-5H,1H3,(H,16,17)(H,18,19). The quantitative estimate of drug-likeness (QED) is 0.874. The number of hydrogen-bond donors (Lipinski definition) is 2. The minimum absolute atomic E-state index is 0.00347. The van der Waals surface area contributed by atoms with Crippen LogP contribution in [-0.2, 0) is 0 Å². The summed E-state index contributed by atoms with van der Waals surface area (Å²) in [6.45, 7) is 1.73. The molecule has 7 heteroatoms. The van der Waals surface area contributed by atoms with Crippen molar-refractivity contribution in [3.63, 3.8) is 0 Å². The van der Waals surface area contributed by atoms with Crippen LogP contribution >= 0.6 is 27.3 Å². The molecule has 2 N–H and O–H groups in total. The first-order valence-corrected chi connectivity index (χ1v) is 7.10. The molecule has 1 aromatic carbocycles. The molecule has 0 aliphatic heterocycles. The summed E-state index contributed by atoms with van der Waals surface area (Å²) >= 11 is 4.12. The van der Waals surface area contributed by atoms with Crippen molar-refractivity contribution in [1.82, 2.24) is 0 Å². The van der Waals surface area contributed by atoms with Crippen LogP contribution in [-0.4, -0.2) is 17.0 Å². The molecule has 0 aliphatic carbocycles. The van der Waals surface area contributed by atoms with Crippen LogP contribution in [0.3, 0.4) is 0 Å². The Kier molecular flexibility index (Phi) is 4.20. The Hall–Kier alpha value is -1.73. The van der Waals surface area contributed by atoms with Gasteiger partial charge in [-0.1, -0.05) is 6.07 Å². The van der Waals surface area contributed by atoms with Crippen molar-refractivity contribution in [2.75, 3.05) is 5.32 Å². The van der Waals surface area contributed by atoms with Gasteiger partial charge in [0.1, 0.15) is 10.8 Å². The summed E-state index contributed by atoms with van der Waals surface area (Å²) in [6.07, 6.45) is 0. The molecule has 1 heterocycles. The molecule has 0 atom stereocenters. The average molecular weight is 358 g/mol. The second kappa shape index (κ2) is 5.72. The van der Waals surface area contributed by atoms with E-state index in [9.17, 15) is 14.0 Å². The zero-order valence-corrected chi connectivity index (χ0v) is 12.6. The Morgan fingerprint density at radius 2 is 2.05 bits per heavy atom. The van der Waals surface area contributed by atoms with Gasteiger partial charge in [-0.2, -0.15) is 0 Å². The lowest BCUT2D eigenvalue weighted by Crippen LogP contribution is -2.15. The normalized spacial score (nSPS) is 10.3. The fraction of sp³-hybridized carbons (Fsp3) is 0.0769. The topological polar surface area (TPSA) is 66.4 Å². The van der Waals surface area contributed by atoms with E-state index in [1.165, 1.54) is 24.3 Å². The Labute approximate surface area is 126 Å². The molecule has 0 radical (unpaired) electrons. The molecule has 4 nitrogen and oxygen atoms in total. The van der Waals surface area contributed by atoms with Gasteiger partial charge in [-0.3, -0.25) is 4.79 Å². The van der Waals surface area contributed by atoms with Gasteiger partial charge in [0.05, 0.1) is 15.6 Å². The van der Waals surface area contributed by atoms with E-state index in [-0.39, 0.29) is 20.6 Å². The Balaban J connectivity index is 2.33. The summed E-state index contributed by atoms with van der Waals surface area (Å²) in [4.78, 5) is 23.8. The summed E-state index contributed by atoms with van der Waals surface area (Å²) in [5, 5.41) is 11.7. The van der Waals surface area contributed by atoms with E-state index < -0.39 is 17.7 Å². The molecule has 0 bridgehead atoms. The van der Waals surface area contributed by atoms with Crippen molar-refractivity contribution < 1.29 is 19.1 Å². The number of halogens is 2. The highest BCUT2D eigenvalue weighted by molar-refractivity contribution is 9.10. The second-order valence-corrected chi connectivity index (χ2v) is 6.07. The fourth-order valence-corrected chi connectivity index (χ4v) is 2.88. The summed E-state index contributed by atoms with van der Waals surface area (Å²) in [5.41, 5.74) is -0.155. The number of anilines is 1. The lowest BCUT2D eigenvalue weighted by molar-refractivity contribution is 0.0698. The Bertz CT molecular complexity index is 699. The smallest absolute Gasteiger partial charge is 0.338 e. The van der Waals surface area contributed by atoms with Gasteiger partial charge in [-0.05, 0) is 41.1 Å². The van der Waals surface area contributed by atoms with Gasteiger partial charge in [0.2, 0.25) is 0 Å². The molecule has 0 fully saturated rings. The monoisotopic (exact) mass is 357 g/mol. The van der Waals surface area contributed by atoms with Gasteiger partial charge in [0, 0.05) is 4.88 Å². The molecule has 0 spiro atoms. The number of carboxylic acid groups (broad SMARTS) is 1. The summed E-state index contributed by atoms with van der Waals surface area (Å²) in [5.74, 6) is -2.51. The van der Waals surface area contributed by atoms with E-state index in [1.807, 2.05) is 0 Å². The number of aryl methyl sites for hydroxylation is 1. The predicted octanol–water partition coefficient (Wildman–Crippen LogP) is 3.91. The van der Waals surface area contributed by atoms with Crippen molar-refractivity contribution in [3.8, 4) is 0 Å². The van der Waals surface area contributed by atoms with E-state index in [4.69, 9.17) is 5.11 Å². The zero-order valence-electron chi connectivity index (χ0n) is 10.2. The molecule has 0 saturated carbocycles. The molecule has 20 heavy (non-hydrogen) atoms. The van der Waals surface area contributed by atoms with E-state index in [0.29, 0.717) is 0 Å². The zero-order chi connectivity index (χ0) is 14.9. The third-order valence-corrected chi connectivity index (χ3v) is 4.09. The fourth-order valence-electron chi connectivity index (χ4n) is 1.62. The maximum atomic E-state index is 13.8. The van der Waals surface area contributed by atoms with Crippen molar-refractivity contribution in [2.24, 2.45) is 0 Å². The van der Waals surface area contributed by atoms with Crippen LogP contribution < -0.4 is 5.32 Å². The van der Waals surface area contributed by atoms with Crippen molar-refractivity contribution in [3.05, 3.63) is 50.6 Å². The number of amides is 1. The molecule has 1 aromatic heterocycles. The third-order valence-electron chi connectivity index (χ3n) is 2.51. The van der Waals surface area contributed by atoms with Crippen LogP contribution in [0.4, 0.5) is 9.39 Å². The Morgan fingerprint density at radius 1 is 1.35 bits per heavy atom. The van der Waals surface area contributed by atoms with E-state index in [1.54, 1.807) is 6.92 Å². The Morgan fingerprint density at radius 3 is 2.70 bits per heavy atom. The van der Waals surface area contributed by atoms with Gasteiger partial charge in [-0.15, -0.1) is 11.3 Å². The first kappa shape index (κ1) is 14.7. The van der Waals surface area contributed by atoms with Crippen LogP contribution in [0.1, 0.15) is 25.6 Å². The van der Waals surface area contributed by atoms with Crippen LogP contribution in [0.2, 0.25) is 0 Å². The average Bonchev–Trinajstić information content (AvgIpc) is 2.73. The van der Waals surface area contributed by atoms with Gasteiger partial charge in [0.15, 0.2) is 0 Å². The molecular weight excluding hydrogens is 349 g/mol. The number of nitrogens with one attached hydrogen (secondary N) is 1. The van der Waals surface area contributed by atoms with Crippen LogP contribution in [0.15, 0.2) is 28.7 Å². The largest absolute Gasteiger partial charge is 0.478 e. The van der Waals surface area contributed by atoms with Crippen molar-refractivity contribution >= 4 is 44.1 Å². The number of aromatic carboxylic acids is 1. The number of rotatable bonds is 3. The number of thiophene rings is 1. The van der Waals surface area contributed by atoms with Crippen LogP contribution in [0.25, 0.3) is 0 Å². The number of carbonyl (C=O) groups excluding carboxylic acids is 1. The lowest BCUT2D eigenvalue weighted by Gasteiger charge is -2.06. The second-order valence-electron chi connectivity index (χ2n) is 3.96. The van der Waals surface area contributed by atoms with Gasteiger partial charge in [-0.25, -0.2) is 9.18 Å². The molecule has 0 saturated heterocycles. The molecule has 0 unspecified atom stereocenters. The molecule has 0 aliphatic rings. The molecule has 2 aromatic rings. The first-order chi connectivity index (χ1) is 9.40. The molecule has 2 rings (SSSR count). The minimum atomic E-state index is -1.14. The van der Waals surface area contributed by atoms with Crippen LogP contribution in [0.5, 0.6) is 0 Å². The molecular formula is C13H9BrFNO3S. The van der Waals surface area contributed by atoms with E-state index in [2.05, 4.69) is 21.2 Å². The maximum absolute atomic E-state index is 13.8. The van der Waals surface area contributed by atoms with Gasteiger partial charge >= 0.3 is 5.97 Å². The van der Waals surface area contributed by atoms with E-state index in [0.717, 1.165) is 16.2 Å². The van der Waals surface area contributed by atoms with Gasteiger partial charge < -0.3 is 10.4 Å². The minimum Gasteiger partial charge on any atom is -0.478 e. The highest BCUT2D eigenvalue weighted by atomic mass is 79.9. The number of carbonyl (C=O) groups is 2. The number of hydrogen-bond acceptors (Lipinski definition) is 3. The molecule has 104 valence electrons. The maximum Gasteiger partial charge on any atom is 0.338 e. The predicted molar refractivity (Wildman–Crippen MR) is 78.1 cm³/mol. The summed E-state index contributed by atoms with van der Waals surface area (Å²) < 4.78 is 14.0. The molecule has 1 amide bonds. The summed E-state index contributed by atoms with van der Waals surface area (Å²) in [7, 11) is 0. The van der Waals surface area contributed by atoms with Crippen molar-refractivity contribution in [2.45, 2.75) is 6.92 Å². The van der Waals surface area contributed by atoms with Gasteiger partial charge in [0.25, 0.3) is 5.91 Å². The highest BCUT2D eigenvalue weighted by Gasteiger charge is 2.19. The number of benzene rings is 1. The van der Waals surface area contributed by atoms with E-state index >= 15 is 0 Å². The SMILES string of the molecule is Cc1cc(C(=O)O)c(NC(=O)c2cccc(Br)c2F)s1. The lowest BCUT2D eigenvalue weighted by atomic mass is 10.2. The highest BCUT2D eigenvalue weighted by Crippen LogP contribution is 2.28. The number of carboxylic acids is 1.